The van der Waals surface area contributed by atoms with Crippen molar-refractivity contribution < 1.29 is 4.74 Å². The largest absolute Gasteiger partial charge is 0.376 e. The molecule has 0 unspecified atom stereocenters. The Labute approximate surface area is 112 Å². The van der Waals surface area contributed by atoms with Gasteiger partial charge in [0.2, 0.25) is 0 Å². The van der Waals surface area contributed by atoms with Crippen LogP contribution < -0.4 is 10.9 Å². The molecule has 5 nitrogen and oxygen atoms in total. The Morgan fingerprint density at radius 1 is 1.44 bits per heavy atom. The van der Waals surface area contributed by atoms with Gasteiger partial charge in [-0.1, -0.05) is 0 Å². The van der Waals surface area contributed by atoms with E-state index in [-0.39, 0.29) is 18.0 Å². The van der Waals surface area contributed by atoms with Gasteiger partial charge >= 0.3 is 0 Å². The normalized spacial score (nSPS) is 18.0. The van der Waals surface area contributed by atoms with Crippen molar-refractivity contribution in [3.63, 3.8) is 0 Å². The number of ether oxygens (including phenoxy) is 1. The minimum Gasteiger partial charge on any atom is -0.376 e. The van der Waals surface area contributed by atoms with E-state index in [0.717, 1.165) is 30.4 Å². The van der Waals surface area contributed by atoms with E-state index in [1.54, 1.807) is 0 Å². The second kappa shape index (κ2) is 5.82. The number of aromatic amines is 1. The molecule has 1 aliphatic heterocycles. The molecular weight excluding hydrogens is 254 g/mol. The highest BCUT2D eigenvalue weighted by Gasteiger charge is 2.20. The molecule has 0 spiro atoms. The van der Waals surface area contributed by atoms with Crippen LogP contribution in [0, 0.1) is 5.92 Å². The minimum absolute atomic E-state index is 0. The van der Waals surface area contributed by atoms with Crippen molar-refractivity contribution >= 4 is 12.4 Å². The lowest BCUT2D eigenvalue weighted by Crippen LogP contribution is -2.27. The minimum atomic E-state index is -0.0436. The van der Waals surface area contributed by atoms with E-state index in [9.17, 15) is 4.79 Å². The second-order valence-corrected chi connectivity index (χ2v) is 4.81. The van der Waals surface area contributed by atoms with Crippen LogP contribution in [0.3, 0.4) is 0 Å². The summed E-state index contributed by atoms with van der Waals surface area (Å²) in [7, 11) is 0. The first-order valence-electron chi connectivity index (χ1n) is 6.22. The first-order chi connectivity index (χ1) is 8.33. The Kier molecular flexibility index (Phi) is 4.37. The van der Waals surface area contributed by atoms with Crippen molar-refractivity contribution in [2.24, 2.45) is 5.92 Å². The van der Waals surface area contributed by atoms with Gasteiger partial charge in [0.25, 0.3) is 5.56 Å². The zero-order valence-corrected chi connectivity index (χ0v) is 11.0. The molecule has 6 heteroatoms. The number of hydrogen-bond acceptors (Lipinski definition) is 4. The zero-order chi connectivity index (χ0) is 11.7. The standard InChI is InChI=1S/C12H17N3O2.ClH/c16-12-9-7-17-4-3-10(9)14-11(15-12)6-13-5-8-1-2-8;/h8,13H,1-7H2,(H,14,15,16);1H. The average Bonchev–Trinajstić information content (AvgIpc) is 3.13. The smallest absolute Gasteiger partial charge is 0.256 e. The number of fused-ring (bicyclic) bond motifs is 1. The fourth-order valence-corrected chi connectivity index (χ4v) is 2.09. The van der Waals surface area contributed by atoms with Crippen LogP contribution in [0.5, 0.6) is 0 Å². The summed E-state index contributed by atoms with van der Waals surface area (Å²) in [5.41, 5.74) is 1.56. The summed E-state index contributed by atoms with van der Waals surface area (Å²) in [6, 6.07) is 0. The molecule has 18 heavy (non-hydrogen) atoms. The first-order valence-corrected chi connectivity index (χ1v) is 6.22. The zero-order valence-electron chi connectivity index (χ0n) is 10.2. The van der Waals surface area contributed by atoms with E-state index in [0.29, 0.717) is 25.3 Å². The SMILES string of the molecule is Cl.O=c1[nH]c(CNCC2CC2)nc2c1COCC2. The third-order valence-corrected chi connectivity index (χ3v) is 3.30. The molecule has 100 valence electrons. The number of H-pyrrole nitrogens is 1. The van der Waals surface area contributed by atoms with E-state index in [2.05, 4.69) is 15.3 Å². The van der Waals surface area contributed by atoms with Crippen LogP contribution in [0.1, 0.15) is 29.9 Å². The van der Waals surface area contributed by atoms with Crippen LogP contribution in [0.2, 0.25) is 0 Å². The third-order valence-electron chi connectivity index (χ3n) is 3.30. The lowest BCUT2D eigenvalue weighted by molar-refractivity contribution is 0.108. The van der Waals surface area contributed by atoms with Gasteiger partial charge in [0, 0.05) is 6.42 Å². The van der Waals surface area contributed by atoms with Crippen molar-refractivity contribution in [2.75, 3.05) is 13.2 Å². The van der Waals surface area contributed by atoms with Gasteiger partial charge in [-0.3, -0.25) is 4.79 Å². The molecule has 1 saturated carbocycles. The summed E-state index contributed by atoms with van der Waals surface area (Å²) >= 11 is 0. The molecule has 1 aromatic rings. The van der Waals surface area contributed by atoms with Crippen LogP contribution >= 0.6 is 12.4 Å². The Balaban J connectivity index is 0.00000120. The molecule has 0 bridgehead atoms. The Hall–Kier alpha value is -0.910. The van der Waals surface area contributed by atoms with Crippen LogP contribution in [0.15, 0.2) is 4.79 Å². The van der Waals surface area contributed by atoms with E-state index in [4.69, 9.17) is 4.74 Å². The molecule has 2 heterocycles. The summed E-state index contributed by atoms with van der Waals surface area (Å²) in [5, 5.41) is 3.33. The van der Waals surface area contributed by atoms with Gasteiger partial charge in [0.1, 0.15) is 5.82 Å². The monoisotopic (exact) mass is 271 g/mol. The van der Waals surface area contributed by atoms with Crippen molar-refractivity contribution in [3.8, 4) is 0 Å². The number of aromatic nitrogens is 2. The van der Waals surface area contributed by atoms with E-state index in [1.165, 1.54) is 12.8 Å². The molecule has 0 amide bonds. The second-order valence-electron chi connectivity index (χ2n) is 4.81. The summed E-state index contributed by atoms with van der Waals surface area (Å²) in [5.74, 6) is 1.59. The number of rotatable bonds is 4. The average molecular weight is 272 g/mol. The summed E-state index contributed by atoms with van der Waals surface area (Å²) in [6.45, 7) is 2.75. The molecule has 2 aliphatic rings. The predicted octanol–water partition coefficient (Wildman–Crippen LogP) is 0.764. The molecule has 2 N–H and O–H groups in total. The first kappa shape index (κ1) is 13.5. The number of hydrogen-bond donors (Lipinski definition) is 2. The topological polar surface area (TPSA) is 67.0 Å². The highest BCUT2D eigenvalue weighted by Crippen LogP contribution is 2.27. The summed E-state index contributed by atoms with van der Waals surface area (Å²) in [4.78, 5) is 19.1. The number of nitrogens with one attached hydrogen (secondary N) is 2. The Morgan fingerprint density at radius 3 is 3.06 bits per heavy atom. The van der Waals surface area contributed by atoms with Crippen LogP contribution in [0.4, 0.5) is 0 Å². The lowest BCUT2D eigenvalue weighted by Gasteiger charge is -2.15. The van der Waals surface area contributed by atoms with Crippen molar-refractivity contribution in [2.45, 2.75) is 32.4 Å². The molecule has 1 aromatic heterocycles. The van der Waals surface area contributed by atoms with Gasteiger partial charge in [0.15, 0.2) is 0 Å². The maximum Gasteiger partial charge on any atom is 0.256 e. The van der Waals surface area contributed by atoms with E-state index < -0.39 is 0 Å². The maximum absolute atomic E-state index is 11.8. The molecule has 0 atom stereocenters. The molecule has 1 fully saturated rings. The molecule has 0 radical (unpaired) electrons. The van der Waals surface area contributed by atoms with Crippen LogP contribution in [-0.2, 0) is 24.3 Å². The summed E-state index contributed by atoms with van der Waals surface area (Å²) < 4.78 is 5.26. The van der Waals surface area contributed by atoms with E-state index >= 15 is 0 Å². The highest BCUT2D eigenvalue weighted by molar-refractivity contribution is 5.85. The van der Waals surface area contributed by atoms with Gasteiger partial charge in [0.05, 0.1) is 31.0 Å². The van der Waals surface area contributed by atoms with Crippen molar-refractivity contribution in [3.05, 3.63) is 27.4 Å². The molecule has 3 rings (SSSR count). The Bertz CT molecular complexity index is 471. The van der Waals surface area contributed by atoms with Gasteiger partial charge in [-0.25, -0.2) is 4.98 Å². The van der Waals surface area contributed by atoms with Crippen LogP contribution in [0.25, 0.3) is 0 Å². The predicted molar refractivity (Wildman–Crippen MR) is 69.9 cm³/mol. The highest BCUT2D eigenvalue weighted by atomic mass is 35.5. The molecular formula is C12H18ClN3O2. The quantitative estimate of drug-likeness (QED) is 0.849. The van der Waals surface area contributed by atoms with Gasteiger partial charge in [-0.05, 0) is 25.3 Å². The lowest BCUT2D eigenvalue weighted by atomic mass is 10.1. The maximum atomic E-state index is 11.8. The summed E-state index contributed by atoms with van der Waals surface area (Å²) in [6.07, 6.45) is 3.41. The van der Waals surface area contributed by atoms with Crippen molar-refractivity contribution in [1.82, 2.24) is 15.3 Å². The van der Waals surface area contributed by atoms with E-state index in [1.807, 2.05) is 0 Å². The van der Waals surface area contributed by atoms with Gasteiger partial charge < -0.3 is 15.0 Å². The van der Waals surface area contributed by atoms with Crippen molar-refractivity contribution in [1.29, 1.82) is 0 Å². The fraction of sp³-hybridized carbons (Fsp3) is 0.667. The number of nitrogens with zero attached hydrogens (tertiary/aromatic N) is 1. The third kappa shape index (κ3) is 3.10. The molecule has 1 aliphatic carbocycles. The Morgan fingerprint density at radius 2 is 2.28 bits per heavy atom. The molecule has 0 saturated heterocycles. The molecule has 0 aromatic carbocycles. The van der Waals surface area contributed by atoms with Gasteiger partial charge in [-0.15, -0.1) is 12.4 Å². The number of halogens is 1. The van der Waals surface area contributed by atoms with Gasteiger partial charge in [-0.2, -0.15) is 0 Å². The fourth-order valence-electron chi connectivity index (χ4n) is 2.09. The van der Waals surface area contributed by atoms with Crippen LogP contribution in [-0.4, -0.2) is 23.1 Å².